The van der Waals surface area contributed by atoms with Crippen LogP contribution < -0.4 is 11.1 Å². The zero-order valence-corrected chi connectivity index (χ0v) is 12.7. The Morgan fingerprint density at radius 2 is 2.20 bits per heavy atom. The molecular formula is C13H17ClN2O3S. The summed E-state index contributed by atoms with van der Waals surface area (Å²) in [5.74, 6) is -0.394. The monoisotopic (exact) mass is 316 g/mol. The van der Waals surface area contributed by atoms with Gasteiger partial charge in [-0.2, -0.15) is 12.6 Å². The minimum atomic E-state index is -0.615. The number of thiol groups is 1. The molecule has 1 aromatic carbocycles. The van der Waals surface area contributed by atoms with Crippen LogP contribution in [0.2, 0.25) is 5.02 Å². The van der Waals surface area contributed by atoms with Crippen LogP contribution in [-0.4, -0.2) is 37.3 Å². The summed E-state index contributed by atoms with van der Waals surface area (Å²) in [6.45, 7) is 0.414. The Morgan fingerprint density at radius 1 is 1.50 bits per heavy atom. The standard InChI is InChI=1S/C13H17ClN2O3S/c1-19-13(18)9-3-2-8(10(14)6-9)4-5-16-12(17)11(15)7-20/h2-3,6,11,20H,4-5,7,15H2,1H3,(H,16,17). The fourth-order valence-corrected chi connectivity index (χ4v) is 1.97. The highest BCUT2D eigenvalue weighted by Gasteiger charge is 2.11. The number of benzene rings is 1. The molecule has 0 heterocycles. The molecule has 1 atom stereocenters. The van der Waals surface area contributed by atoms with E-state index in [1.54, 1.807) is 18.2 Å². The average Bonchev–Trinajstić information content (AvgIpc) is 2.46. The van der Waals surface area contributed by atoms with Crippen LogP contribution in [0, 0.1) is 0 Å². The Morgan fingerprint density at radius 3 is 2.75 bits per heavy atom. The Balaban J connectivity index is 2.57. The molecule has 0 radical (unpaired) electrons. The maximum atomic E-state index is 11.5. The lowest BCUT2D eigenvalue weighted by atomic mass is 10.1. The highest BCUT2D eigenvalue weighted by atomic mass is 35.5. The van der Waals surface area contributed by atoms with Crippen molar-refractivity contribution < 1.29 is 14.3 Å². The first kappa shape index (κ1) is 16.8. The maximum Gasteiger partial charge on any atom is 0.337 e. The van der Waals surface area contributed by atoms with Crippen molar-refractivity contribution in [2.75, 3.05) is 19.4 Å². The van der Waals surface area contributed by atoms with Crippen LogP contribution in [0.25, 0.3) is 0 Å². The first-order valence-corrected chi connectivity index (χ1v) is 7.01. The van der Waals surface area contributed by atoms with E-state index in [-0.39, 0.29) is 5.91 Å². The predicted octanol–water partition coefficient (Wildman–Crippen LogP) is 1.04. The molecular weight excluding hydrogens is 300 g/mol. The molecule has 0 aliphatic rings. The summed E-state index contributed by atoms with van der Waals surface area (Å²) in [6, 6.07) is 4.30. The van der Waals surface area contributed by atoms with Crippen LogP contribution in [0.5, 0.6) is 0 Å². The number of esters is 1. The van der Waals surface area contributed by atoms with Gasteiger partial charge in [0.2, 0.25) is 5.91 Å². The van der Waals surface area contributed by atoms with Gasteiger partial charge in [0.05, 0.1) is 18.7 Å². The third-order valence-electron chi connectivity index (χ3n) is 2.70. The van der Waals surface area contributed by atoms with E-state index in [0.717, 1.165) is 5.56 Å². The lowest BCUT2D eigenvalue weighted by Crippen LogP contribution is -2.42. The van der Waals surface area contributed by atoms with Crippen molar-refractivity contribution >= 4 is 36.1 Å². The number of nitrogens with two attached hydrogens (primary N) is 1. The van der Waals surface area contributed by atoms with Crippen molar-refractivity contribution in [2.45, 2.75) is 12.5 Å². The van der Waals surface area contributed by atoms with Gasteiger partial charge in [0.1, 0.15) is 0 Å². The second-order valence-electron chi connectivity index (χ2n) is 4.13. The molecule has 7 heteroatoms. The number of nitrogens with one attached hydrogen (secondary N) is 1. The van der Waals surface area contributed by atoms with Gasteiger partial charge in [-0.3, -0.25) is 4.79 Å². The lowest BCUT2D eigenvalue weighted by molar-refractivity contribution is -0.121. The Bertz CT molecular complexity index is 497. The molecule has 0 spiro atoms. The molecule has 3 N–H and O–H groups in total. The molecule has 5 nitrogen and oxygen atoms in total. The van der Waals surface area contributed by atoms with E-state index >= 15 is 0 Å². The van der Waals surface area contributed by atoms with Gasteiger partial charge in [0, 0.05) is 17.3 Å². The first-order chi connectivity index (χ1) is 9.49. The zero-order valence-electron chi connectivity index (χ0n) is 11.1. The molecule has 0 saturated carbocycles. The largest absolute Gasteiger partial charge is 0.465 e. The van der Waals surface area contributed by atoms with E-state index in [2.05, 4.69) is 22.7 Å². The minimum Gasteiger partial charge on any atom is -0.465 e. The second-order valence-corrected chi connectivity index (χ2v) is 4.90. The highest BCUT2D eigenvalue weighted by molar-refractivity contribution is 7.80. The Hall–Kier alpha value is -1.24. The maximum absolute atomic E-state index is 11.5. The molecule has 1 aromatic rings. The summed E-state index contributed by atoms with van der Waals surface area (Å²) in [5, 5.41) is 3.15. The first-order valence-electron chi connectivity index (χ1n) is 6.00. The average molecular weight is 317 g/mol. The van der Waals surface area contributed by atoms with E-state index in [0.29, 0.717) is 29.3 Å². The van der Waals surface area contributed by atoms with Gasteiger partial charge in [-0.05, 0) is 24.1 Å². The molecule has 0 aliphatic carbocycles. The smallest absolute Gasteiger partial charge is 0.337 e. The van der Waals surface area contributed by atoms with Crippen molar-refractivity contribution in [3.8, 4) is 0 Å². The van der Waals surface area contributed by atoms with Crippen molar-refractivity contribution in [1.82, 2.24) is 5.32 Å². The second kappa shape index (κ2) is 8.14. The van der Waals surface area contributed by atoms with Gasteiger partial charge >= 0.3 is 5.97 Å². The number of rotatable bonds is 6. The van der Waals surface area contributed by atoms with Crippen LogP contribution in [0.15, 0.2) is 18.2 Å². The molecule has 0 fully saturated rings. The van der Waals surface area contributed by atoms with E-state index < -0.39 is 12.0 Å². The van der Waals surface area contributed by atoms with E-state index in [9.17, 15) is 9.59 Å². The van der Waals surface area contributed by atoms with E-state index in [1.807, 2.05) is 0 Å². The number of carbonyl (C=O) groups is 2. The number of hydrogen-bond acceptors (Lipinski definition) is 5. The fraction of sp³-hybridized carbons (Fsp3) is 0.385. The number of halogens is 1. The molecule has 0 aromatic heterocycles. The highest BCUT2D eigenvalue weighted by Crippen LogP contribution is 2.18. The predicted molar refractivity (Wildman–Crippen MR) is 81.3 cm³/mol. The van der Waals surface area contributed by atoms with E-state index in [1.165, 1.54) is 7.11 Å². The molecule has 0 bridgehead atoms. The number of amides is 1. The fourth-order valence-electron chi connectivity index (χ4n) is 1.53. The third-order valence-corrected chi connectivity index (χ3v) is 3.45. The molecule has 1 unspecified atom stereocenters. The number of hydrogen-bond donors (Lipinski definition) is 3. The normalized spacial score (nSPS) is 11.8. The Labute approximate surface area is 128 Å². The number of carbonyl (C=O) groups excluding carboxylic acids is 2. The van der Waals surface area contributed by atoms with E-state index in [4.69, 9.17) is 17.3 Å². The van der Waals surface area contributed by atoms with Gasteiger partial charge < -0.3 is 15.8 Å². The van der Waals surface area contributed by atoms with Crippen molar-refractivity contribution in [3.05, 3.63) is 34.3 Å². The zero-order chi connectivity index (χ0) is 15.1. The van der Waals surface area contributed by atoms with Gasteiger partial charge in [-0.25, -0.2) is 4.79 Å². The number of methoxy groups -OCH3 is 1. The van der Waals surface area contributed by atoms with Crippen LogP contribution in [0.4, 0.5) is 0 Å². The van der Waals surface area contributed by atoms with Gasteiger partial charge in [-0.15, -0.1) is 0 Å². The van der Waals surface area contributed by atoms with Gasteiger partial charge in [0.25, 0.3) is 0 Å². The molecule has 1 rings (SSSR count). The SMILES string of the molecule is COC(=O)c1ccc(CCNC(=O)C(N)CS)c(Cl)c1. The summed E-state index contributed by atoms with van der Waals surface area (Å²) in [7, 11) is 1.31. The van der Waals surface area contributed by atoms with Crippen LogP contribution in [0.1, 0.15) is 15.9 Å². The molecule has 0 saturated heterocycles. The topological polar surface area (TPSA) is 81.4 Å². The summed E-state index contributed by atoms with van der Waals surface area (Å²) in [5.41, 5.74) is 6.75. The molecule has 20 heavy (non-hydrogen) atoms. The minimum absolute atomic E-state index is 0.248. The van der Waals surface area contributed by atoms with Crippen molar-refractivity contribution in [1.29, 1.82) is 0 Å². The van der Waals surface area contributed by atoms with Crippen LogP contribution in [0.3, 0.4) is 0 Å². The number of ether oxygens (including phenoxy) is 1. The van der Waals surface area contributed by atoms with Crippen LogP contribution >= 0.6 is 24.2 Å². The van der Waals surface area contributed by atoms with Gasteiger partial charge in [-0.1, -0.05) is 17.7 Å². The molecule has 110 valence electrons. The molecule has 0 aliphatic heterocycles. The summed E-state index contributed by atoms with van der Waals surface area (Å²) >= 11 is 10.0. The summed E-state index contributed by atoms with van der Waals surface area (Å²) in [6.07, 6.45) is 0.547. The van der Waals surface area contributed by atoms with Crippen molar-refractivity contribution in [3.63, 3.8) is 0 Å². The molecule has 1 amide bonds. The lowest BCUT2D eigenvalue weighted by Gasteiger charge is -2.10. The summed E-state index contributed by atoms with van der Waals surface area (Å²) < 4.78 is 4.61. The third kappa shape index (κ3) is 4.70. The summed E-state index contributed by atoms with van der Waals surface area (Å²) in [4.78, 5) is 22.8. The Kier molecular flexibility index (Phi) is 6.84. The van der Waals surface area contributed by atoms with Crippen molar-refractivity contribution in [2.24, 2.45) is 5.73 Å². The quantitative estimate of drug-likeness (QED) is 0.541. The van der Waals surface area contributed by atoms with Gasteiger partial charge in [0.15, 0.2) is 0 Å². The van der Waals surface area contributed by atoms with Crippen LogP contribution in [-0.2, 0) is 16.0 Å².